The monoisotopic (exact) mass is 215 g/mol. The molecule has 0 radical (unpaired) electrons. The van der Waals surface area contributed by atoms with Crippen molar-refractivity contribution in [1.29, 1.82) is 0 Å². The lowest BCUT2D eigenvalue weighted by Gasteiger charge is -2.01. The summed E-state index contributed by atoms with van der Waals surface area (Å²) in [4.78, 5) is 18.5. The zero-order chi connectivity index (χ0) is 11.4. The summed E-state index contributed by atoms with van der Waals surface area (Å²) >= 11 is 0. The molecule has 0 bridgehead atoms. The Kier molecular flexibility index (Phi) is 2.77. The van der Waals surface area contributed by atoms with Crippen LogP contribution in [-0.2, 0) is 0 Å². The van der Waals surface area contributed by atoms with Crippen LogP contribution in [0.15, 0.2) is 42.7 Å². The smallest absolute Gasteiger partial charge is 0.390 e. The van der Waals surface area contributed by atoms with Gasteiger partial charge in [0.15, 0.2) is 0 Å². The summed E-state index contributed by atoms with van der Waals surface area (Å²) in [5.41, 5.74) is 6.50. The molecule has 5 heteroatoms. The predicted octanol–water partition coefficient (Wildman–Crippen LogP) is 1.60. The Hall–Kier alpha value is -2.43. The van der Waals surface area contributed by atoms with Gasteiger partial charge in [0.05, 0.1) is 18.1 Å². The number of nitrogens with two attached hydrogens (primary N) is 1. The molecular formula is C11H9N3O2. The van der Waals surface area contributed by atoms with E-state index in [4.69, 9.17) is 5.73 Å². The fourth-order valence-electron chi connectivity index (χ4n) is 1.23. The summed E-state index contributed by atoms with van der Waals surface area (Å²) in [5, 5.41) is 0. The first-order chi connectivity index (χ1) is 7.75. The van der Waals surface area contributed by atoms with Gasteiger partial charge in [0.1, 0.15) is 0 Å². The number of primary amides is 1. The van der Waals surface area contributed by atoms with Crippen LogP contribution >= 0.6 is 0 Å². The summed E-state index contributed by atoms with van der Waals surface area (Å²) in [6.45, 7) is 0. The highest BCUT2D eigenvalue weighted by Crippen LogP contribution is 2.16. The molecular weight excluding hydrogens is 206 g/mol. The number of hydrogen-bond acceptors (Lipinski definition) is 4. The topological polar surface area (TPSA) is 78.1 Å². The Balaban J connectivity index is 2.23. The zero-order valence-electron chi connectivity index (χ0n) is 8.33. The van der Waals surface area contributed by atoms with Crippen molar-refractivity contribution in [3.05, 3.63) is 42.7 Å². The number of carbonyl (C=O) groups excluding carboxylic acids is 1. The third-order valence-electron chi connectivity index (χ3n) is 1.90. The molecule has 0 aliphatic carbocycles. The van der Waals surface area contributed by atoms with Crippen molar-refractivity contribution < 1.29 is 9.53 Å². The van der Waals surface area contributed by atoms with Crippen LogP contribution in [0.2, 0.25) is 0 Å². The second kappa shape index (κ2) is 4.39. The number of ether oxygens (including phenoxy) is 1. The number of amides is 1. The number of rotatable bonds is 2. The average Bonchev–Trinajstić information content (AvgIpc) is 2.30. The minimum absolute atomic E-state index is 0.0900. The molecule has 2 N–H and O–H groups in total. The molecule has 1 amide bonds. The molecule has 0 spiro atoms. The summed E-state index contributed by atoms with van der Waals surface area (Å²) in [6, 6.07) is 9.56. The van der Waals surface area contributed by atoms with Crippen molar-refractivity contribution in [3.63, 3.8) is 0 Å². The number of benzene rings is 1. The molecule has 0 fully saturated rings. The maximum atomic E-state index is 10.5. The lowest BCUT2D eigenvalue weighted by atomic mass is 10.2. The van der Waals surface area contributed by atoms with Crippen molar-refractivity contribution in [2.45, 2.75) is 0 Å². The maximum Gasteiger partial charge on any atom is 0.411 e. The van der Waals surface area contributed by atoms with Gasteiger partial charge < -0.3 is 10.5 Å². The zero-order valence-corrected chi connectivity index (χ0v) is 8.33. The largest absolute Gasteiger partial charge is 0.411 e. The van der Waals surface area contributed by atoms with E-state index in [1.54, 1.807) is 0 Å². The third-order valence-corrected chi connectivity index (χ3v) is 1.90. The van der Waals surface area contributed by atoms with Gasteiger partial charge in [0.2, 0.25) is 5.88 Å². The van der Waals surface area contributed by atoms with Gasteiger partial charge in [0, 0.05) is 5.56 Å². The van der Waals surface area contributed by atoms with Crippen LogP contribution in [0, 0.1) is 0 Å². The lowest BCUT2D eigenvalue weighted by molar-refractivity contribution is 0.209. The van der Waals surface area contributed by atoms with Gasteiger partial charge in [-0.1, -0.05) is 30.3 Å². The Morgan fingerprint density at radius 2 is 1.88 bits per heavy atom. The molecule has 5 nitrogen and oxygen atoms in total. The Morgan fingerprint density at radius 1 is 1.12 bits per heavy atom. The van der Waals surface area contributed by atoms with Crippen molar-refractivity contribution in [1.82, 2.24) is 9.97 Å². The van der Waals surface area contributed by atoms with E-state index < -0.39 is 6.09 Å². The molecule has 0 unspecified atom stereocenters. The van der Waals surface area contributed by atoms with E-state index in [-0.39, 0.29) is 5.88 Å². The van der Waals surface area contributed by atoms with Crippen LogP contribution in [-0.4, -0.2) is 16.1 Å². The summed E-state index contributed by atoms with van der Waals surface area (Å²) < 4.78 is 4.57. The average molecular weight is 215 g/mol. The Labute approximate surface area is 91.9 Å². The van der Waals surface area contributed by atoms with Crippen molar-refractivity contribution in [3.8, 4) is 17.1 Å². The summed E-state index contributed by atoms with van der Waals surface area (Å²) in [5.74, 6) is 0.0900. The van der Waals surface area contributed by atoms with Gasteiger partial charge in [-0.3, -0.25) is 0 Å². The number of hydrogen-bond donors (Lipinski definition) is 1. The standard InChI is InChI=1S/C11H9N3O2/c12-11(15)16-10-7-13-9(6-14-10)8-4-2-1-3-5-8/h1-7H,(H2,12,15). The van der Waals surface area contributed by atoms with E-state index in [2.05, 4.69) is 14.7 Å². The maximum absolute atomic E-state index is 10.5. The first kappa shape index (κ1) is 10.1. The van der Waals surface area contributed by atoms with Crippen LogP contribution in [0.25, 0.3) is 11.3 Å². The molecule has 1 aromatic carbocycles. The highest BCUT2D eigenvalue weighted by Gasteiger charge is 2.02. The van der Waals surface area contributed by atoms with Crippen LogP contribution in [0.5, 0.6) is 5.88 Å². The molecule has 0 aliphatic heterocycles. The van der Waals surface area contributed by atoms with Crippen molar-refractivity contribution >= 4 is 6.09 Å². The predicted molar refractivity (Wildman–Crippen MR) is 57.7 cm³/mol. The normalized spacial score (nSPS) is 9.75. The number of carbonyl (C=O) groups is 1. The number of nitrogens with zero attached hydrogens (tertiary/aromatic N) is 2. The molecule has 2 aromatic rings. The second-order valence-corrected chi connectivity index (χ2v) is 3.03. The van der Waals surface area contributed by atoms with E-state index in [9.17, 15) is 4.79 Å². The first-order valence-electron chi connectivity index (χ1n) is 4.60. The molecule has 1 heterocycles. The molecule has 2 rings (SSSR count). The van der Waals surface area contributed by atoms with Crippen LogP contribution in [0.4, 0.5) is 4.79 Å². The van der Waals surface area contributed by atoms with Gasteiger partial charge >= 0.3 is 6.09 Å². The van der Waals surface area contributed by atoms with Crippen LogP contribution in [0.3, 0.4) is 0 Å². The minimum atomic E-state index is -0.901. The van der Waals surface area contributed by atoms with Gasteiger partial charge in [-0.25, -0.2) is 14.8 Å². The second-order valence-electron chi connectivity index (χ2n) is 3.03. The highest BCUT2D eigenvalue weighted by molar-refractivity contribution is 5.67. The van der Waals surface area contributed by atoms with Gasteiger partial charge in [0.25, 0.3) is 0 Å². The van der Waals surface area contributed by atoms with Gasteiger partial charge in [-0.05, 0) is 0 Å². The molecule has 80 valence electrons. The Morgan fingerprint density at radius 3 is 2.44 bits per heavy atom. The van der Waals surface area contributed by atoms with Gasteiger partial charge in [-0.2, -0.15) is 0 Å². The van der Waals surface area contributed by atoms with Crippen molar-refractivity contribution in [2.24, 2.45) is 5.73 Å². The van der Waals surface area contributed by atoms with Crippen LogP contribution in [0.1, 0.15) is 0 Å². The summed E-state index contributed by atoms with van der Waals surface area (Å²) in [7, 11) is 0. The van der Waals surface area contributed by atoms with Crippen LogP contribution < -0.4 is 10.5 Å². The molecule has 0 saturated carbocycles. The fraction of sp³-hybridized carbons (Fsp3) is 0. The fourth-order valence-corrected chi connectivity index (χ4v) is 1.23. The lowest BCUT2D eigenvalue weighted by Crippen LogP contribution is -2.17. The molecule has 1 aromatic heterocycles. The molecule has 0 saturated heterocycles. The third kappa shape index (κ3) is 2.33. The van der Waals surface area contributed by atoms with Crippen molar-refractivity contribution in [2.75, 3.05) is 0 Å². The van der Waals surface area contributed by atoms with E-state index >= 15 is 0 Å². The molecule has 0 aliphatic rings. The van der Waals surface area contributed by atoms with E-state index in [0.717, 1.165) is 5.56 Å². The van der Waals surface area contributed by atoms with E-state index in [1.807, 2.05) is 30.3 Å². The highest BCUT2D eigenvalue weighted by atomic mass is 16.6. The van der Waals surface area contributed by atoms with Gasteiger partial charge in [-0.15, -0.1) is 0 Å². The van der Waals surface area contributed by atoms with E-state index in [0.29, 0.717) is 5.69 Å². The molecule has 0 atom stereocenters. The van der Waals surface area contributed by atoms with E-state index in [1.165, 1.54) is 12.4 Å². The summed E-state index contributed by atoms with van der Waals surface area (Å²) in [6.07, 6.45) is 1.97. The Bertz CT molecular complexity index is 482. The SMILES string of the molecule is NC(=O)Oc1cnc(-c2ccccc2)cn1. The minimum Gasteiger partial charge on any atom is -0.390 e. The quantitative estimate of drug-likeness (QED) is 0.825. The number of aromatic nitrogens is 2. The first-order valence-corrected chi connectivity index (χ1v) is 4.60. The molecule has 16 heavy (non-hydrogen) atoms.